The second-order valence-electron chi connectivity index (χ2n) is 5.40. The number of benzene rings is 1. The highest BCUT2D eigenvalue weighted by Crippen LogP contribution is 2.19. The maximum absolute atomic E-state index is 10.8. The minimum absolute atomic E-state index is 0.107. The maximum Gasteiger partial charge on any atom is 0.273 e. The van der Waals surface area contributed by atoms with Gasteiger partial charge < -0.3 is 10.4 Å². The molecular weight excluding hydrogens is 232 g/mol. The van der Waals surface area contributed by atoms with Gasteiger partial charge >= 0.3 is 0 Å². The molecule has 1 rings (SSSR count). The number of aliphatic hydroxyl groups excluding tert-OH is 1. The van der Waals surface area contributed by atoms with Gasteiger partial charge in [0.15, 0.2) is 0 Å². The number of para-hydroxylation sites is 1. The predicted molar refractivity (Wildman–Crippen MR) is 70.3 cm³/mol. The smallest absolute Gasteiger partial charge is 0.273 e. The molecule has 0 aliphatic rings. The molecule has 0 aliphatic heterocycles. The van der Waals surface area contributed by atoms with Crippen molar-refractivity contribution < 1.29 is 10.0 Å². The van der Waals surface area contributed by atoms with Gasteiger partial charge in [0.25, 0.3) is 5.69 Å². The molecule has 100 valence electrons. The van der Waals surface area contributed by atoms with Crippen molar-refractivity contribution in [1.29, 1.82) is 0 Å². The van der Waals surface area contributed by atoms with E-state index >= 15 is 0 Å². The summed E-state index contributed by atoms with van der Waals surface area (Å²) in [4.78, 5) is 10.4. The molecule has 1 unspecified atom stereocenters. The maximum atomic E-state index is 10.8. The Kier molecular flexibility index (Phi) is 4.81. The van der Waals surface area contributed by atoms with Gasteiger partial charge in [-0.05, 0) is 5.41 Å². The van der Waals surface area contributed by atoms with E-state index in [0.717, 1.165) is 0 Å². The van der Waals surface area contributed by atoms with Crippen LogP contribution in [-0.4, -0.2) is 22.7 Å². The van der Waals surface area contributed by atoms with Crippen LogP contribution in [0.3, 0.4) is 0 Å². The summed E-state index contributed by atoms with van der Waals surface area (Å²) in [6.45, 7) is 6.64. The van der Waals surface area contributed by atoms with Crippen LogP contribution < -0.4 is 5.32 Å². The van der Waals surface area contributed by atoms with Crippen molar-refractivity contribution in [3.05, 3.63) is 39.9 Å². The van der Waals surface area contributed by atoms with Gasteiger partial charge in [-0.2, -0.15) is 0 Å². The molecule has 0 aliphatic carbocycles. The fourth-order valence-electron chi connectivity index (χ4n) is 1.49. The number of hydrogen-bond donors (Lipinski definition) is 2. The van der Waals surface area contributed by atoms with Crippen molar-refractivity contribution in [3.63, 3.8) is 0 Å². The summed E-state index contributed by atoms with van der Waals surface area (Å²) in [5.41, 5.74) is 0.536. The van der Waals surface area contributed by atoms with Crippen LogP contribution in [0.2, 0.25) is 0 Å². The lowest BCUT2D eigenvalue weighted by atomic mass is 9.89. The minimum atomic E-state index is -0.486. The van der Waals surface area contributed by atoms with Crippen molar-refractivity contribution in [2.24, 2.45) is 5.41 Å². The first kappa shape index (κ1) is 14.6. The van der Waals surface area contributed by atoms with E-state index in [2.05, 4.69) is 5.32 Å². The number of nitrogens with zero attached hydrogens (tertiary/aromatic N) is 1. The molecule has 5 heteroatoms. The van der Waals surface area contributed by atoms with E-state index in [9.17, 15) is 15.2 Å². The Hall–Kier alpha value is -1.46. The molecule has 18 heavy (non-hydrogen) atoms. The first-order chi connectivity index (χ1) is 8.32. The zero-order chi connectivity index (χ0) is 13.8. The molecule has 1 atom stereocenters. The molecular formula is C13H20N2O3. The van der Waals surface area contributed by atoms with Gasteiger partial charge in [0, 0.05) is 24.7 Å². The third kappa shape index (κ3) is 4.09. The highest BCUT2D eigenvalue weighted by atomic mass is 16.6. The Morgan fingerprint density at radius 1 is 1.39 bits per heavy atom. The Balaban J connectivity index is 2.57. The zero-order valence-electron chi connectivity index (χ0n) is 11.0. The van der Waals surface area contributed by atoms with Gasteiger partial charge in [-0.3, -0.25) is 10.1 Å². The third-order valence-corrected chi connectivity index (χ3v) is 2.84. The molecule has 0 aromatic heterocycles. The van der Waals surface area contributed by atoms with Gasteiger partial charge in [0.1, 0.15) is 0 Å². The topological polar surface area (TPSA) is 75.4 Å². The first-order valence-electron chi connectivity index (χ1n) is 5.93. The van der Waals surface area contributed by atoms with Crippen molar-refractivity contribution in [2.45, 2.75) is 33.4 Å². The van der Waals surface area contributed by atoms with Crippen molar-refractivity contribution >= 4 is 5.69 Å². The molecule has 0 saturated carbocycles. The van der Waals surface area contributed by atoms with Crippen LogP contribution in [0.5, 0.6) is 0 Å². The molecule has 2 N–H and O–H groups in total. The summed E-state index contributed by atoms with van der Waals surface area (Å²) in [7, 11) is 0. The van der Waals surface area contributed by atoms with E-state index in [-0.39, 0.29) is 11.1 Å². The molecule has 0 spiro atoms. The molecule has 0 heterocycles. The Morgan fingerprint density at radius 2 is 2.00 bits per heavy atom. The normalized spacial score (nSPS) is 13.3. The first-order valence-corrected chi connectivity index (χ1v) is 5.93. The molecule has 0 bridgehead atoms. The standard InChI is InChI=1S/C13H20N2O3/c1-13(2,3)12(16)9-14-8-10-6-4-5-7-11(10)15(17)18/h4-7,12,14,16H,8-9H2,1-3H3. The molecule has 0 radical (unpaired) electrons. The number of hydrogen-bond acceptors (Lipinski definition) is 4. The molecule has 1 aromatic rings. The van der Waals surface area contributed by atoms with Gasteiger partial charge in [-0.15, -0.1) is 0 Å². The molecule has 1 aromatic carbocycles. The Morgan fingerprint density at radius 3 is 2.56 bits per heavy atom. The van der Waals surface area contributed by atoms with Crippen molar-refractivity contribution in [3.8, 4) is 0 Å². The Labute approximate surface area is 107 Å². The fraction of sp³-hybridized carbons (Fsp3) is 0.538. The van der Waals surface area contributed by atoms with Crippen LogP contribution in [0.4, 0.5) is 5.69 Å². The number of aliphatic hydroxyl groups is 1. The lowest BCUT2D eigenvalue weighted by Crippen LogP contribution is -2.36. The fourth-order valence-corrected chi connectivity index (χ4v) is 1.49. The monoisotopic (exact) mass is 252 g/mol. The van der Waals surface area contributed by atoms with Crippen LogP contribution in [0.1, 0.15) is 26.3 Å². The van der Waals surface area contributed by atoms with E-state index in [4.69, 9.17) is 0 Å². The van der Waals surface area contributed by atoms with E-state index in [1.54, 1.807) is 18.2 Å². The number of nitro groups is 1. The second kappa shape index (κ2) is 5.93. The van der Waals surface area contributed by atoms with Gasteiger partial charge in [-0.25, -0.2) is 0 Å². The summed E-state index contributed by atoms with van der Waals surface area (Å²) in [5.74, 6) is 0. The summed E-state index contributed by atoms with van der Waals surface area (Å²) in [5, 5.41) is 23.7. The number of rotatable bonds is 5. The average molecular weight is 252 g/mol. The minimum Gasteiger partial charge on any atom is -0.391 e. The highest BCUT2D eigenvalue weighted by Gasteiger charge is 2.21. The lowest BCUT2D eigenvalue weighted by Gasteiger charge is -2.26. The quantitative estimate of drug-likeness (QED) is 0.621. The Bertz CT molecular complexity index is 413. The van der Waals surface area contributed by atoms with Crippen molar-refractivity contribution in [2.75, 3.05) is 6.54 Å². The molecule has 0 amide bonds. The van der Waals surface area contributed by atoms with Gasteiger partial charge in [0.05, 0.1) is 11.0 Å². The van der Waals surface area contributed by atoms with E-state index in [1.165, 1.54) is 6.07 Å². The molecule has 5 nitrogen and oxygen atoms in total. The highest BCUT2D eigenvalue weighted by molar-refractivity contribution is 5.39. The largest absolute Gasteiger partial charge is 0.391 e. The summed E-state index contributed by atoms with van der Waals surface area (Å²) in [6, 6.07) is 6.61. The van der Waals surface area contributed by atoms with Crippen molar-refractivity contribution in [1.82, 2.24) is 5.32 Å². The van der Waals surface area contributed by atoms with Crippen LogP contribution in [0.15, 0.2) is 24.3 Å². The van der Waals surface area contributed by atoms with Crippen LogP contribution in [-0.2, 0) is 6.54 Å². The SMILES string of the molecule is CC(C)(C)C(O)CNCc1ccccc1[N+](=O)[O-]. The average Bonchev–Trinajstić information content (AvgIpc) is 2.28. The number of nitro benzene ring substituents is 1. The third-order valence-electron chi connectivity index (χ3n) is 2.84. The van der Waals surface area contributed by atoms with Crippen LogP contribution >= 0.6 is 0 Å². The molecule has 0 fully saturated rings. The summed E-state index contributed by atoms with van der Waals surface area (Å²) in [6.07, 6.45) is -0.486. The van der Waals surface area contributed by atoms with E-state index < -0.39 is 11.0 Å². The predicted octanol–water partition coefficient (Wildman–Crippen LogP) is 2.09. The molecule has 0 saturated heterocycles. The van der Waals surface area contributed by atoms with Crippen LogP contribution in [0.25, 0.3) is 0 Å². The zero-order valence-corrected chi connectivity index (χ0v) is 11.0. The van der Waals surface area contributed by atoms with E-state index in [1.807, 2.05) is 20.8 Å². The van der Waals surface area contributed by atoms with Crippen LogP contribution in [0, 0.1) is 15.5 Å². The number of nitrogens with one attached hydrogen (secondary N) is 1. The summed E-state index contributed by atoms with van der Waals surface area (Å²) < 4.78 is 0. The van der Waals surface area contributed by atoms with Gasteiger partial charge in [-0.1, -0.05) is 39.0 Å². The van der Waals surface area contributed by atoms with E-state index in [0.29, 0.717) is 18.7 Å². The van der Waals surface area contributed by atoms with Gasteiger partial charge in [0.2, 0.25) is 0 Å². The lowest BCUT2D eigenvalue weighted by molar-refractivity contribution is -0.385. The second-order valence-corrected chi connectivity index (χ2v) is 5.40. The summed E-state index contributed by atoms with van der Waals surface area (Å²) >= 11 is 0.